The van der Waals surface area contributed by atoms with Crippen LogP contribution in [0.15, 0.2) is 12.4 Å². The number of hydrogen-bond donors (Lipinski definition) is 1. The molecule has 1 saturated carbocycles. The summed E-state index contributed by atoms with van der Waals surface area (Å²) in [5.41, 5.74) is 0.967. The molecule has 0 bridgehead atoms. The Morgan fingerprint density at radius 2 is 2.14 bits per heavy atom. The van der Waals surface area contributed by atoms with Crippen molar-refractivity contribution < 1.29 is 4.79 Å². The summed E-state index contributed by atoms with van der Waals surface area (Å²) in [6.45, 7) is 2.84. The van der Waals surface area contributed by atoms with Crippen molar-refractivity contribution in [2.75, 3.05) is 19.6 Å². The summed E-state index contributed by atoms with van der Waals surface area (Å²) in [6, 6.07) is 0.507. The molecular weight excluding hydrogens is 264 g/mol. The Morgan fingerprint density at radius 3 is 2.90 bits per heavy atom. The molecule has 1 unspecified atom stereocenters. The zero-order valence-corrected chi connectivity index (χ0v) is 12.6. The van der Waals surface area contributed by atoms with Crippen molar-refractivity contribution in [3.63, 3.8) is 0 Å². The Labute approximate surface area is 125 Å². The molecule has 1 spiro atoms. The lowest BCUT2D eigenvalue weighted by Crippen LogP contribution is -2.43. The van der Waals surface area contributed by atoms with Gasteiger partial charge in [-0.15, -0.1) is 0 Å². The van der Waals surface area contributed by atoms with Crippen LogP contribution in [0.2, 0.25) is 0 Å². The van der Waals surface area contributed by atoms with E-state index < -0.39 is 0 Å². The number of rotatable bonds is 2. The van der Waals surface area contributed by atoms with Crippen LogP contribution in [0.3, 0.4) is 0 Å². The van der Waals surface area contributed by atoms with E-state index in [0.717, 1.165) is 31.6 Å². The standard InChI is InChI=1S/C16H24N4O/c21-15(19-9-7-16(12-19)6-3-8-17-16)13-10-18-20(11-13)14-4-1-2-5-14/h10-11,14,17H,1-9,12H2. The van der Waals surface area contributed by atoms with Crippen LogP contribution in [0.1, 0.15) is 61.3 Å². The van der Waals surface area contributed by atoms with Gasteiger partial charge in [0.2, 0.25) is 0 Å². The van der Waals surface area contributed by atoms with Crippen molar-refractivity contribution in [1.29, 1.82) is 0 Å². The first kappa shape index (κ1) is 13.3. The Morgan fingerprint density at radius 1 is 1.29 bits per heavy atom. The molecule has 21 heavy (non-hydrogen) atoms. The normalized spacial score (nSPS) is 29.8. The van der Waals surface area contributed by atoms with Crippen LogP contribution in [0.5, 0.6) is 0 Å². The summed E-state index contributed by atoms with van der Waals surface area (Å²) in [4.78, 5) is 14.7. The van der Waals surface area contributed by atoms with Gasteiger partial charge in [-0.2, -0.15) is 5.10 Å². The molecule has 1 aromatic heterocycles. The summed E-state index contributed by atoms with van der Waals surface area (Å²) in [7, 11) is 0. The SMILES string of the molecule is O=C(c1cnn(C2CCCC2)c1)N1CCC2(CCCN2)C1. The number of carbonyl (C=O) groups is 1. The summed E-state index contributed by atoms with van der Waals surface area (Å²) < 4.78 is 2.01. The third-order valence-corrected chi connectivity index (χ3v) is 5.52. The fraction of sp³-hybridized carbons (Fsp3) is 0.750. The van der Waals surface area contributed by atoms with Crippen molar-refractivity contribution in [1.82, 2.24) is 20.0 Å². The molecule has 1 aliphatic carbocycles. The van der Waals surface area contributed by atoms with E-state index in [-0.39, 0.29) is 11.4 Å². The van der Waals surface area contributed by atoms with Gasteiger partial charge in [-0.25, -0.2) is 0 Å². The molecule has 2 saturated heterocycles. The van der Waals surface area contributed by atoms with E-state index >= 15 is 0 Å². The lowest BCUT2D eigenvalue weighted by atomic mass is 9.97. The zero-order chi connectivity index (χ0) is 14.3. The molecule has 1 atom stereocenters. The predicted octanol–water partition coefficient (Wildman–Crippen LogP) is 1.97. The van der Waals surface area contributed by atoms with Gasteiger partial charge in [0.15, 0.2) is 0 Å². The minimum Gasteiger partial charge on any atom is -0.337 e. The largest absolute Gasteiger partial charge is 0.337 e. The molecule has 5 heteroatoms. The second-order valence-corrected chi connectivity index (χ2v) is 6.93. The maximum Gasteiger partial charge on any atom is 0.257 e. The number of hydrogen-bond acceptors (Lipinski definition) is 3. The van der Waals surface area contributed by atoms with Gasteiger partial charge in [0.25, 0.3) is 5.91 Å². The Hall–Kier alpha value is -1.36. The Kier molecular flexibility index (Phi) is 3.25. The van der Waals surface area contributed by atoms with Crippen molar-refractivity contribution >= 4 is 5.91 Å². The van der Waals surface area contributed by atoms with E-state index in [4.69, 9.17) is 0 Å². The first-order valence-corrected chi connectivity index (χ1v) is 8.34. The molecule has 5 nitrogen and oxygen atoms in total. The highest BCUT2D eigenvalue weighted by Gasteiger charge is 2.41. The summed E-state index contributed by atoms with van der Waals surface area (Å²) in [6.07, 6.45) is 12.2. The predicted molar refractivity (Wildman–Crippen MR) is 80.2 cm³/mol. The van der Waals surface area contributed by atoms with Crippen LogP contribution in [0.4, 0.5) is 0 Å². The molecule has 3 fully saturated rings. The van der Waals surface area contributed by atoms with Crippen LogP contribution < -0.4 is 5.32 Å². The van der Waals surface area contributed by atoms with Gasteiger partial charge in [0.1, 0.15) is 0 Å². The topological polar surface area (TPSA) is 50.2 Å². The smallest absolute Gasteiger partial charge is 0.257 e. The maximum absolute atomic E-state index is 12.7. The van der Waals surface area contributed by atoms with Gasteiger partial charge in [-0.05, 0) is 38.6 Å². The van der Waals surface area contributed by atoms with Gasteiger partial charge >= 0.3 is 0 Å². The zero-order valence-electron chi connectivity index (χ0n) is 12.6. The van der Waals surface area contributed by atoms with Gasteiger partial charge in [0.05, 0.1) is 17.8 Å². The summed E-state index contributed by atoms with van der Waals surface area (Å²) in [5.74, 6) is 0.157. The van der Waals surface area contributed by atoms with E-state index in [2.05, 4.69) is 10.4 Å². The lowest BCUT2D eigenvalue weighted by molar-refractivity contribution is 0.0781. The minimum absolute atomic E-state index is 0.157. The highest BCUT2D eigenvalue weighted by molar-refractivity contribution is 5.94. The van der Waals surface area contributed by atoms with Crippen molar-refractivity contribution in [3.8, 4) is 0 Å². The highest BCUT2D eigenvalue weighted by atomic mass is 16.2. The third-order valence-electron chi connectivity index (χ3n) is 5.52. The van der Waals surface area contributed by atoms with Gasteiger partial charge in [0, 0.05) is 24.8 Å². The molecule has 1 amide bonds. The van der Waals surface area contributed by atoms with Crippen LogP contribution in [0, 0.1) is 0 Å². The number of nitrogens with one attached hydrogen (secondary N) is 1. The summed E-state index contributed by atoms with van der Waals surface area (Å²) >= 11 is 0. The number of likely N-dealkylation sites (tertiary alicyclic amines) is 1. The molecule has 114 valence electrons. The summed E-state index contributed by atoms with van der Waals surface area (Å²) in [5, 5.41) is 8.04. The quantitative estimate of drug-likeness (QED) is 0.905. The van der Waals surface area contributed by atoms with Crippen LogP contribution in [-0.4, -0.2) is 45.8 Å². The Balaban J connectivity index is 1.45. The van der Waals surface area contributed by atoms with Gasteiger partial charge in [-0.3, -0.25) is 9.48 Å². The monoisotopic (exact) mass is 288 g/mol. The van der Waals surface area contributed by atoms with E-state index in [1.54, 1.807) is 6.20 Å². The molecular formula is C16H24N4O. The second kappa shape index (κ2) is 5.13. The van der Waals surface area contributed by atoms with Crippen LogP contribution in [-0.2, 0) is 0 Å². The second-order valence-electron chi connectivity index (χ2n) is 6.93. The van der Waals surface area contributed by atoms with Gasteiger partial charge in [-0.1, -0.05) is 12.8 Å². The fourth-order valence-electron chi connectivity index (χ4n) is 4.26. The number of amides is 1. The van der Waals surface area contributed by atoms with Gasteiger partial charge < -0.3 is 10.2 Å². The first-order valence-electron chi connectivity index (χ1n) is 8.34. The highest BCUT2D eigenvalue weighted by Crippen LogP contribution is 2.31. The van der Waals surface area contributed by atoms with E-state index in [9.17, 15) is 4.79 Å². The average molecular weight is 288 g/mol. The molecule has 2 aliphatic heterocycles. The average Bonchev–Trinajstić information content (AvgIpc) is 3.29. The molecule has 0 aromatic carbocycles. The number of carbonyl (C=O) groups excluding carboxylic acids is 1. The molecule has 0 radical (unpaired) electrons. The van der Waals surface area contributed by atoms with E-state index in [1.165, 1.54) is 38.5 Å². The van der Waals surface area contributed by atoms with E-state index in [1.807, 2.05) is 15.8 Å². The molecule has 1 aromatic rings. The molecule has 1 N–H and O–H groups in total. The number of nitrogens with zero attached hydrogens (tertiary/aromatic N) is 3. The van der Waals surface area contributed by atoms with Crippen LogP contribution >= 0.6 is 0 Å². The molecule has 3 aliphatic rings. The minimum atomic E-state index is 0.157. The fourth-order valence-corrected chi connectivity index (χ4v) is 4.26. The van der Waals surface area contributed by atoms with Crippen molar-refractivity contribution in [2.24, 2.45) is 0 Å². The first-order chi connectivity index (χ1) is 10.3. The lowest BCUT2D eigenvalue weighted by Gasteiger charge is -2.24. The number of aromatic nitrogens is 2. The van der Waals surface area contributed by atoms with Crippen LogP contribution in [0.25, 0.3) is 0 Å². The molecule has 4 rings (SSSR count). The van der Waals surface area contributed by atoms with Crippen molar-refractivity contribution in [3.05, 3.63) is 18.0 Å². The molecule has 3 heterocycles. The third kappa shape index (κ3) is 2.37. The Bertz CT molecular complexity index is 526. The van der Waals surface area contributed by atoms with E-state index in [0.29, 0.717) is 6.04 Å². The maximum atomic E-state index is 12.7. The van der Waals surface area contributed by atoms with Crippen molar-refractivity contribution in [2.45, 2.75) is 56.5 Å².